The third-order valence-corrected chi connectivity index (χ3v) is 3.36. The van der Waals surface area contributed by atoms with Crippen LogP contribution in [0.1, 0.15) is 27.7 Å². The van der Waals surface area contributed by atoms with Gasteiger partial charge in [-0.1, -0.05) is 13.8 Å². The maximum atomic E-state index is 12.1. The van der Waals surface area contributed by atoms with Crippen LogP contribution in [0.25, 0.3) is 0 Å². The summed E-state index contributed by atoms with van der Waals surface area (Å²) in [6, 6.07) is -0.397. The van der Waals surface area contributed by atoms with Gasteiger partial charge in [-0.25, -0.2) is 0 Å². The molecule has 1 unspecified atom stereocenters. The summed E-state index contributed by atoms with van der Waals surface area (Å²) in [7, 11) is 0. The Kier molecular flexibility index (Phi) is 4.51. The number of nitrogens with zero attached hydrogens (tertiary/aromatic N) is 2. The minimum atomic E-state index is -0.443. The molecule has 2 atom stereocenters. The lowest BCUT2D eigenvalue weighted by atomic mass is 10.0. The monoisotopic (exact) mass is 241 g/mol. The summed E-state index contributed by atoms with van der Waals surface area (Å²) in [5.41, 5.74) is 5.88. The fourth-order valence-corrected chi connectivity index (χ4v) is 2.05. The smallest absolute Gasteiger partial charge is 0.240 e. The fourth-order valence-electron chi connectivity index (χ4n) is 2.05. The Balaban J connectivity index is 2.63. The van der Waals surface area contributed by atoms with Gasteiger partial charge in [0.2, 0.25) is 11.8 Å². The second-order valence-corrected chi connectivity index (χ2v) is 5.12. The molecule has 1 heterocycles. The summed E-state index contributed by atoms with van der Waals surface area (Å²) in [6.07, 6.45) is 0. The standard InChI is InChI=1S/C12H23N3O2/c1-8(2)11(13)12(17)15-6-5-14(10(4)16)7-9(15)3/h8-9,11H,5-7,13H2,1-4H3/t9?,11-/m0/s1. The molecule has 0 bridgehead atoms. The molecule has 5 nitrogen and oxygen atoms in total. The van der Waals surface area contributed by atoms with Gasteiger partial charge in [-0.2, -0.15) is 0 Å². The van der Waals surface area contributed by atoms with Crippen molar-refractivity contribution in [3.05, 3.63) is 0 Å². The lowest BCUT2D eigenvalue weighted by Gasteiger charge is -2.41. The summed E-state index contributed by atoms with van der Waals surface area (Å²) >= 11 is 0. The Labute approximate surface area is 103 Å². The van der Waals surface area contributed by atoms with E-state index in [1.807, 2.05) is 20.8 Å². The SMILES string of the molecule is CC(=O)N1CCN(C(=O)[C@@H](N)C(C)C)C(C)C1. The van der Waals surface area contributed by atoms with E-state index in [2.05, 4.69) is 0 Å². The molecule has 2 amide bonds. The predicted octanol–water partition coefficient (Wildman–Crippen LogP) is 0.0489. The number of nitrogens with two attached hydrogens (primary N) is 1. The van der Waals surface area contributed by atoms with Crippen LogP contribution in [0.3, 0.4) is 0 Å². The van der Waals surface area contributed by atoms with Crippen LogP contribution >= 0.6 is 0 Å². The average molecular weight is 241 g/mol. The number of carbonyl (C=O) groups is 2. The Hall–Kier alpha value is -1.10. The van der Waals surface area contributed by atoms with E-state index < -0.39 is 6.04 Å². The van der Waals surface area contributed by atoms with Crippen LogP contribution in [0.2, 0.25) is 0 Å². The Bertz CT molecular complexity index is 304. The van der Waals surface area contributed by atoms with Crippen LogP contribution in [0.4, 0.5) is 0 Å². The minimum absolute atomic E-state index is 0.00398. The first-order valence-corrected chi connectivity index (χ1v) is 6.16. The third kappa shape index (κ3) is 3.19. The molecule has 1 aliphatic heterocycles. The van der Waals surface area contributed by atoms with E-state index in [1.165, 1.54) is 0 Å². The van der Waals surface area contributed by atoms with Crippen LogP contribution < -0.4 is 5.73 Å². The highest BCUT2D eigenvalue weighted by molar-refractivity contribution is 5.82. The lowest BCUT2D eigenvalue weighted by molar-refractivity contribution is -0.143. The van der Waals surface area contributed by atoms with Gasteiger partial charge < -0.3 is 15.5 Å². The maximum absolute atomic E-state index is 12.1. The van der Waals surface area contributed by atoms with E-state index in [1.54, 1.807) is 16.7 Å². The molecule has 1 saturated heterocycles. The van der Waals surface area contributed by atoms with Crippen molar-refractivity contribution in [2.45, 2.75) is 39.8 Å². The summed E-state index contributed by atoms with van der Waals surface area (Å²) in [5.74, 6) is 0.202. The summed E-state index contributed by atoms with van der Waals surface area (Å²) in [5, 5.41) is 0. The molecule has 0 aromatic heterocycles. The van der Waals surface area contributed by atoms with Gasteiger partial charge in [0.1, 0.15) is 0 Å². The minimum Gasteiger partial charge on any atom is -0.339 e. The van der Waals surface area contributed by atoms with Crippen molar-refractivity contribution in [2.75, 3.05) is 19.6 Å². The second-order valence-electron chi connectivity index (χ2n) is 5.12. The van der Waals surface area contributed by atoms with Gasteiger partial charge in [-0.05, 0) is 12.8 Å². The van der Waals surface area contributed by atoms with Crippen molar-refractivity contribution >= 4 is 11.8 Å². The van der Waals surface area contributed by atoms with E-state index in [4.69, 9.17) is 5.73 Å². The van der Waals surface area contributed by atoms with E-state index in [0.29, 0.717) is 19.6 Å². The Morgan fingerprint density at radius 1 is 1.29 bits per heavy atom. The lowest BCUT2D eigenvalue weighted by Crippen LogP contribution is -2.59. The number of hydrogen-bond acceptors (Lipinski definition) is 3. The largest absolute Gasteiger partial charge is 0.339 e. The van der Waals surface area contributed by atoms with Crippen molar-refractivity contribution in [1.29, 1.82) is 0 Å². The van der Waals surface area contributed by atoms with E-state index in [0.717, 1.165) is 0 Å². The van der Waals surface area contributed by atoms with Gasteiger partial charge in [-0.15, -0.1) is 0 Å². The molecular formula is C12H23N3O2. The number of rotatable bonds is 2. The molecule has 0 aliphatic carbocycles. The first kappa shape index (κ1) is 14.0. The molecule has 0 aromatic carbocycles. The molecule has 0 spiro atoms. The molecule has 0 aromatic rings. The number of piperazine rings is 1. The molecule has 1 fully saturated rings. The van der Waals surface area contributed by atoms with Gasteiger partial charge in [0.25, 0.3) is 0 Å². The molecule has 17 heavy (non-hydrogen) atoms. The molecule has 0 saturated carbocycles. The fraction of sp³-hybridized carbons (Fsp3) is 0.833. The topological polar surface area (TPSA) is 66.6 Å². The first-order valence-electron chi connectivity index (χ1n) is 6.16. The quantitative estimate of drug-likeness (QED) is 0.743. The van der Waals surface area contributed by atoms with Crippen molar-refractivity contribution in [2.24, 2.45) is 11.7 Å². The highest BCUT2D eigenvalue weighted by atomic mass is 16.2. The zero-order valence-electron chi connectivity index (χ0n) is 11.1. The van der Waals surface area contributed by atoms with Crippen LogP contribution in [0, 0.1) is 5.92 Å². The zero-order chi connectivity index (χ0) is 13.2. The van der Waals surface area contributed by atoms with Gasteiger partial charge in [0.05, 0.1) is 6.04 Å². The van der Waals surface area contributed by atoms with Crippen LogP contribution in [0.15, 0.2) is 0 Å². The van der Waals surface area contributed by atoms with Crippen molar-refractivity contribution in [3.8, 4) is 0 Å². The highest BCUT2D eigenvalue weighted by Crippen LogP contribution is 2.13. The van der Waals surface area contributed by atoms with Gasteiger partial charge in [-0.3, -0.25) is 9.59 Å². The maximum Gasteiger partial charge on any atom is 0.240 e. The van der Waals surface area contributed by atoms with Crippen LogP contribution in [-0.4, -0.2) is 53.3 Å². The molecule has 2 N–H and O–H groups in total. The van der Waals surface area contributed by atoms with Crippen molar-refractivity contribution < 1.29 is 9.59 Å². The van der Waals surface area contributed by atoms with Gasteiger partial charge in [0.15, 0.2) is 0 Å². The first-order chi connectivity index (χ1) is 7.84. The highest BCUT2D eigenvalue weighted by Gasteiger charge is 2.31. The van der Waals surface area contributed by atoms with E-state index in [9.17, 15) is 9.59 Å². The van der Waals surface area contributed by atoms with Gasteiger partial charge in [0, 0.05) is 32.6 Å². The van der Waals surface area contributed by atoms with Crippen LogP contribution in [0.5, 0.6) is 0 Å². The van der Waals surface area contributed by atoms with Crippen LogP contribution in [-0.2, 0) is 9.59 Å². The summed E-state index contributed by atoms with van der Waals surface area (Å²) in [6.45, 7) is 9.20. The molecule has 1 rings (SSSR count). The number of amides is 2. The van der Waals surface area contributed by atoms with E-state index in [-0.39, 0.29) is 23.8 Å². The zero-order valence-corrected chi connectivity index (χ0v) is 11.1. The predicted molar refractivity (Wildman–Crippen MR) is 66.2 cm³/mol. The Morgan fingerprint density at radius 2 is 1.88 bits per heavy atom. The van der Waals surface area contributed by atoms with E-state index >= 15 is 0 Å². The molecule has 1 aliphatic rings. The number of carbonyl (C=O) groups excluding carboxylic acids is 2. The normalized spacial score (nSPS) is 22.8. The van der Waals surface area contributed by atoms with Crippen molar-refractivity contribution in [1.82, 2.24) is 9.80 Å². The summed E-state index contributed by atoms with van der Waals surface area (Å²) in [4.78, 5) is 27.0. The van der Waals surface area contributed by atoms with Crippen molar-refractivity contribution in [3.63, 3.8) is 0 Å². The number of hydrogen-bond donors (Lipinski definition) is 1. The third-order valence-electron chi connectivity index (χ3n) is 3.36. The molecule has 98 valence electrons. The summed E-state index contributed by atoms with van der Waals surface area (Å²) < 4.78 is 0. The average Bonchev–Trinajstić information content (AvgIpc) is 2.26. The molecule has 0 radical (unpaired) electrons. The molecular weight excluding hydrogens is 218 g/mol. The molecule has 5 heteroatoms. The van der Waals surface area contributed by atoms with Gasteiger partial charge >= 0.3 is 0 Å². The second kappa shape index (κ2) is 5.49. The Morgan fingerprint density at radius 3 is 2.29 bits per heavy atom.